The Kier molecular flexibility index (Phi) is 11.5. The molecule has 2 aromatic rings. The molecule has 0 fully saturated rings. The monoisotopic (exact) mass is 450 g/mol. The number of benzene rings is 2. The summed E-state index contributed by atoms with van der Waals surface area (Å²) in [4.78, 5) is 0. The van der Waals surface area contributed by atoms with Crippen LogP contribution in [0.1, 0.15) is 67.1 Å². The molecule has 0 heterocycles. The quantitative estimate of drug-likeness (QED) is 0.354. The summed E-state index contributed by atoms with van der Waals surface area (Å²) < 4.78 is 6.34. The van der Waals surface area contributed by atoms with E-state index in [1.807, 2.05) is 37.3 Å². The molecular weight excluding hydrogens is 416 g/mol. The molecule has 3 unspecified atom stereocenters. The maximum Gasteiger partial charge on any atom is 0.126 e. The van der Waals surface area contributed by atoms with Gasteiger partial charge in [0, 0.05) is 23.1 Å². The Hall–Kier alpha value is -2.84. The predicted octanol–water partition coefficient (Wildman–Crippen LogP) is 2.39. The lowest BCUT2D eigenvalue weighted by Gasteiger charge is -2.23. The van der Waals surface area contributed by atoms with Crippen molar-refractivity contribution in [2.75, 3.05) is 19.7 Å². The Morgan fingerprint density at radius 3 is 2.39 bits per heavy atom. The zero-order valence-electron chi connectivity index (χ0n) is 19.1. The first-order valence-corrected chi connectivity index (χ1v) is 11.3. The van der Waals surface area contributed by atoms with Crippen molar-refractivity contribution >= 4 is 0 Å². The molecule has 0 spiro atoms. The molecule has 0 saturated heterocycles. The van der Waals surface area contributed by atoms with E-state index < -0.39 is 12.2 Å². The van der Waals surface area contributed by atoms with Crippen molar-refractivity contribution in [3.63, 3.8) is 0 Å². The molecular formula is C27H34N2O4. The number of aliphatic hydroxyl groups is 3. The van der Waals surface area contributed by atoms with E-state index in [1.54, 1.807) is 12.1 Å². The predicted molar refractivity (Wildman–Crippen MR) is 130 cm³/mol. The maximum absolute atomic E-state index is 10.7. The van der Waals surface area contributed by atoms with Crippen molar-refractivity contribution in [2.45, 2.75) is 50.9 Å². The van der Waals surface area contributed by atoms with Crippen LogP contribution >= 0.6 is 0 Å². The smallest absolute Gasteiger partial charge is 0.126 e. The SMILES string of the molecule is CCCC(O)C#Cc1ccc(OC(CCN)c2cccc(C#CCO)c2)c(C(O)CCN)c1. The minimum Gasteiger partial charge on any atom is -0.485 e. The molecule has 0 amide bonds. The molecule has 6 nitrogen and oxygen atoms in total. The Balaban J connectivity index is 2.39. The summed E-state index contributed by atoms with van der Waals surface area (Å²) in [6.45, 7) is 2.52. The van der Waals surface area contributed by atoms with E-state index in [2.05, 4.69) is 23.7 Å². The van der Waals surface area contributed by atoms with Gasteiger partial charge in [-0.1, -0.05) is 49.2 Å². The van der Waals surface area contributed by atoms with Gasteiger partial charge in [0.2, 0.25) is 0 Å². The van der Waals surface area contributed by atoms with Crippen LogP contribution < -0.4 is 16.2 Å². The lowest BCUT2D eigenvalue weighted by atomic mass is 10.0. The van der Waals surface area contributed by atoms with Crippen molar-refractivity contribution in [1.29, 1.82) is 0 Å². The van der Waals surface area contributed by atoms with E-state index in [-0.39, 0.29) is 12.7 Å². The fourth-order valence-electron chi connectivity index (χ4n) is 3.38. The van der Waals surface area contributed by atoms with Crippen molar-refractivity contribution in [3.8, 4) is 29.4 Å². The number of ether oxygens (including phenoxy) is 1. The van der Waals surface area contributed by atoms with Crippen molar-refractivity contribution in [1.82, 2.24) is 0 Å². The van der Waals surface area contributed by atoms with Crippen LogP contribution in [-0.4, -0.2) is 41.1 Å². The number of hydrogen-bond acceptors (Lipinski definition) is 6. The fourth-order valence-corrected chi connectivity index (χ4v) is 3.38. The Bertz CT molecular complexity index is 1000. The third kappa shape index (κ3) is 8.55. The molecule has 6 heteroatoms. The molecule has 0 saturated carbocycles. The molecule has 176 valence electrons. The minimum absolute atomic E-state index is 0.208. The van der Waals surface area contributed by atoms with E-state index in [1.165, 1.54) is 0 Å². The Labute approximate surface area is 196 Å². The molecule has 0 aliphatic heterocycles. The van der Waals surface area contributed by atoms with E-state index in [4.69, 9.17) is 21.3 Å². The van der Waals surface area contributed by atoms with Crippen molar-refractivity contribution in [3.05, 3.63) is 64.7 Å². The molecule has 0 radical (unpaired) electrons. The lowest BCUT2D eigenvalue weighted by molar-refractivity contribution is 0.151. The molecule has 33 heavy (non-hydrogen) atoms. The zero-order valence-corrected chi connectivity index (χ0v) is 19.1. The summed E-state index contributed by atoms with van der Waals surface area (Å²) in [5.74, 6) is 11.9. The standard InChI is InChI=1S/C27H34N2O4/c1-2-5-23(31)11-9-21-10-12-27(24(19-21)25(32)13-15-28)33-26(14-16-29)22-8-3-6-20(18-22)7-4-17-30/h3,6,8,10,12,18-19,23,25-26,30-32H,2,5,13-17,28-29H2,1H3. The fraction of sp³-hybridized carbons (Fsp3) is 0.407. The average Bonchev–Trinajstić information content (AvgIpc) is 2.82. The average molecular weight is 451 g/mol. The second-order valence-electron chi connectivity index (χ2n) is 7.69. The van der Waals surface area contributed by atoms with Gasteiger partial charge in [-0.3, -0.25) is 0 Å². The van der Waals surface area contributed by atoms with Gasteiger partial charge >= 0.3 is 0 Å². The van der Waals surface area contributed by atoms with Crippen LogP contribution in [0.4, 0.5) is 0 Å². The topological polar surface area (TPSA) is 122 Å². The highest BCUT2D eigenvalue weighted by Crippen LogP contribution is 2.33. The van der Waals surface area contributed by atoms with Crippen LogP contribution in [0.2, 0.25) is 0 Å². The Morgan fingerprint density at radius 2 is 1.70 bits per heavy atom. The van der Waals surface area contributed by atoms with Crippen LogP contribution in [0, 0.1) is 23.7 Å². The highest BCUT2D eigenvalue weighted by molar-refractivity contribution is 5.46. The van der Waals surface area contributed by atoms with E-state index in [0.29, 0.717) is 49.2 Å². The van der Waals surface area contributed by atoms with Crippen LogP contribution in [0.5, 0.6) is 5.75 Å². The molecule has 3 atom stereocenters. The summed E-state index contributed by atoms with van der Waals surface area (Å²) in [6.07, 6.45) is 0.551. The van der Waals surface area contributed by atoms with Crippen LogP contribution in [-0.2, 0) is 0 Å². The molecule has 7 N–H and O–H groups in total. The van der Waals surface area contributed by atoms with Crippen molar-refractivity contribution < 1.29 is 20.1 Å². The summed E-state index contributed by atoms with van der Waals surface area (Å²) >= 11 is 0. The molecule has 0 aromatic heterocycles. The third-order valence-electron chi connectivity index (χ3n) is 5.02. The summed E-state index contributed by atoms with van der Waals surface area (Å²) in [7, 11) is 0. The normalized spacial score (nSPS) is 13.2. The summed E-state index contributed by atoms with van der Waals surface area (Å²) in [5, 5.41) is 29.6. The number of rotatable bonds is 10. The largest absolute Gasteiger partial charge is 0.485 e. The third-order valence-corrected chi connectivity index (χ3v) is 5.02. The summed E-state index contributed by atoms with van der Waals surface area (Å²) in [6, 6.07) is 13.0. The first-order valence-electron chi connectivity index (χ1n) is 11.3. The van der Waals surface area contributed by atoms with Gasteiger partial charge in [0.1, 0.15) is 24.6 Å². The number of nitrogens with two attached hydrogens (primary N) is 2. The molecule has 0 aliphatic rings. The lowest BCUT2D eigenvalue weighted by Crippen LogP contribution is -2.15. The van der Waals surface area contributed by atoms with Crippen LogP contribution in [0.3, 0.4) is 0 Å². The Morgan fingerprint density at radius 1 is 0.939 bits per heavy atom. The second kappa shape index (κ2) is 14.3. The van der Waals surface area contributed by atoms with Gasteiger partial charge in [0.05, 0.1) is 6.10 Å². The van der Waals surface area contributed by atoms with Gasteiger partial charge in [-0.15, -0.1) is 0 Å². The molecule has 2 rings (SSSR count). The van der Waals surface area contributed by atoms with Gasteiger partial charge in [-0.25, -0.2) is 0 Å². The minimum atomic E-state index is -0.812. The summed E-state index contributed by atoms with van der Waals surface area (Å²) in [5.41, 5.74) is 14.5. The van der Waals surface area contributed by atoms with Gasteiger partial charge in [-0.2, -0.15) is 0 Å². The van der Waals surface area contributed by atoms with E-state index >= 15 is 0 Å². The second-order valence-corrected chi connectivity index (χ2v) is 7.69. The molecule has 0 bridgehead atoms. The first kappa shape index (κ1) is 26.4. The maximum atomic E-state index is 10.7. The molecule has 0 aliphatic carbocycles. The zero-order chi connectivity index (χ0) is 24.1. The highest BCUT2D eigenvalue weighted by Gasteiger charge is 2.19. The van der Waals surface area contributed by atoms with Crippen LogP contribution in [0.15, 0.2) is 42.5 Å². The van der Waals surface area contributed by atoms with Gasteiger partial charge < -0.3 is 31.5 Å². The number of aliphatic hydroxyl groups excluding tert-OH is 3. The van der Waals surface area contributed by atoms with E-state index in [9.17, 15) is 10.2 Å². The number of hydrogen-bond donors (Lipinski definition) is 5. The first-order chi connectivity index (χ1) is 16.0. The van der Waals surface area contributed by atoms with E-state index in [0.717, 1.165) is 17.5 Å². The van der Waals surface area contributed by atoms with Gasteiger partial charge in [0.25, 0.3) is 0 Å². The van der Waals surface area contributed by atoms with Crippen molar-refractivity contribution in [2.24, 2.45) is 11.5 Å². The van der Waals surface area contributed by atoms with Gasteiger partial charge in [-0.05, 0) is 61.8 Å². The van der Waals surface area contributed by atoms with Gasteiger partial charge in [0.15, 0.2) is 0 Å². The highest BCUT2D eigenvalue weighted by atomic mass is 16.5. The van der Waals surface area contributed by atoms with Crippen LogP contribution in [0.25, 0.3) is 0 Å². The molecule has 2 aromatic carbocycles.